The zero-order valence-corrected chi connectivity index (χ0v) is 18.9. The largest absolute Gasteiger partial charge is 0.425 e. The van der Waals surface area contributed by atoms with Crippen LogP contribution in [0.2, 0.25) is 5.02 Å². The van der Waals surface area contributed by atoms with Gasteiger partial charge in [0, 0.05) is 37.3 Å². The lowest BCUT2D eigenvalue weighted by molar-refractivity contribution is 0.415. The topological polar surface area (TPSA) is 91.2 Å². The molecule has 168 valence electrons. The van der Waals surface area contributed by atoms with Crippen LogP contribution in [0.1, 0.15) is 18.4 Å². The maximum Gasteiger partial charge on any atom is 0.306 e. The first-order valence-electron chi connectivity index (χ1n) is 10.8. The summed E-state index contributed by atoms with van der Waals surface area (Å²) < 4.78 is 9.12. The van der Waals surface area contributed by atoms with Gasteiger partial charge in [-0.1, -0.05) is 41.9 Å². The minimum absolute atomic E-state index is 0.0492. The van der Waals surface area contributed by atoms with E-state index < -0.39 is 0 Å². The fourth-order valence-electron chi connectivity index (χ4n) is 4.10. The van der Waals surface area contributed by atoms with Gasteiger partial charge >= 0.3 is 6.01 Å². The average Bonchev–Trinajstić information content (AvgIpc) is 3.17. The van der Waals surface area contributed by atoms with Crippen molar-refractivity contribution >= 4 is 28.7 Å². The number of hydrogen-bond donors (Lipinski definition) is 1. The number of rotatable bonds is 5. The van der Waals surface area contributed by atoms with Gasteiger partial charge in [0.1, 0.15) is 5.75 Å². The summed E-state index contributed by atoms with van der Waals surface area (Å²) in [5.41, 5.74) is 7.59. The lowest BCUT2D eigenvalue weighted by Crippen LogP contribution is -2.44. The number of ether oxygens (including phenoxy) is 1. The molecule has 1 saturated heterocycles. The standard InChI is InChI=1S/C24H23ClN6O2/c1-29-22(32)20-21(28-24(29)33-18-10-3-2-4-11-18)27-23(30-13-7-9-17(26)15-30)31(20)14-16-8-5-6-12-19(16)25/h3,5-6,8,10-12,17H,7,9,13-15,26H2,1H3/t17-/m1/s1. The van der Waals surface area contributed by atoms with Crippen LogP contribution in [0.5, 0.6) is 11.8 Å². The van der Waals surface area contributed by atoms with Crippen molar-refractivity contribution in [3.63, 3.8) is 0 Å². The Kier molecular flexibility index (Phi) is 5.67. The molecule has 3 heterocycles. The number of piperidine rings is 1. The molecular formula is C24H23ClN6O2. The van der Waals surface area contributed by atoms with Gasteiger partial charge in [-0.3, -0.25) is 13.9 Å². The van der Waals surface area contributed by atoms with E-state index in [0.29, 0.717) is 41.0 Å². The van der Waals surface area contributed by atoms with Gasteiger partial charge in [-0.15, -0.1) is 0 Å². The van der Waals surface area contributed by atoms with Gasteiger partial charge in [0.15, 0.2) is 11.2 Å². The van der Waals surface area contributed by atoms with Gasteiger partial charge in [0.2, 0.25) is 5.95 Å². The molecular weight excluding hydrogens is 440 g/mol. The minimum Gasteiger partial charge on any atom is -0.425 e. The van der Waals surface area contributed by atoms with Crippen molar-refractivity contribution in [2.24, 2.45) is 12.8 Å². The zero-order valence-electron chi connectivity index (χ0n) is 18.2. The number of nitrogens with zero attached hydrogens (tertiary/aromatic N) is 5. The van der Waals surface area contributed by atoms with E-state index in [1.165, 1.54) is 4.57 Å². The predicted molar refractivity (Wildman–Crippen MR) is 127 cm³/mol. The SMILES string of the molecule is Cn1c(Oc2cc#ccc2)nc2nc(N3CCC[C@@H](N)C3)n(Cc3ccccc3Cl)c2c1=O. The molecule has 8 nitrogen and oxygen atoms in total. The summed E-state index contributed by atoms with van der Waals surface area (Å²) in [4.78, 5) is 25.0. The molecule has 0 radical (unpaired) electrons. The van der Waals surface area contributed by atoms with Crippen LogP contribution in [0.15, 0.2) is 47.3 Å². The average molecular weight is 463 g/mol. The van der Waals surface area contributed by atoms with Gasteiger partial charge in [0.25, 0.3) is 5.56 Å². The number of hydrogen-bond acceptors (Lipinski definition) is 6. The fourth-order valence-corrected chi connectivity index (χ4v) is 4.30. The number of aromatic nitrogens is 4. The first-order valence-corrected chi connectivity index (χ1v) is 11.2. The highest BCUT2D eigenvalue weighted by molar-refractivity contribution is 6.31. The van der Waals surface area contributed by atoms with Gasteiger partial charge in [-0.2, -0.15) is 9.97 Å². The smallest absolute Gasteiger partial charge is 0.306 e. The zero-order chi connectivity index (χ0) is 22.9. The Balaban J connectivity index is 1.66. The molecule has 5 rings (SSSR count). The Morgan fingerprint density at radius 2 is 2.09 bits per heavy atom. The second-order valence-electron chi connectivity index (χ2n) is 8.14. The third-order valence-electron chi connectivity index (χ3n) is 5.79. The molecule has 2 aromatic carbocycles. The molecule has 0 aliphatic carbocycles. The van der Waals surface area contributed by atoms with Crippen molar-refractivity contribution < 1.29 is 4.74 Å². The number of halogens is 1. The van der Waals surface area contributed by atoms with Crippen LogP contribution in [-0.4, -0.2) is 38.2 Å². The van der Waals surface area contributed by atoms with E-state index >= 15 is 0 Å². The number of fused-ring (bicyclic) bond motifs is 1. The normalized spacial score (nSPS) is 16.1. The van der Waals surface area contributed by atoms with Crippen molar-refractivity contribution in [1.29, 1.82) is 0 Å². The predicted octanol–water partition coefficient (Wildman–Crippen LogP) is 3.15. The molecule has 4 aromatic rings. The van der Waals surface area contributed by atoms with Crippen LogP contribution in [0.4, 0.5) is 5.95 Å². The molecule has 2 aromatic heterocycles. The lowest BCUT2D eigenvalue weighted by atomic mass is 10.1. The highest BCUT2D eigenvalue weighted by atomic mass is 35.5. The maximum absolute atomic E-state index is 13.5. The molecule has 33 heavy (non-hydrogen) atoms. The molecule has 0 spiro atoms. The molecule has 0 unspecified atom stereocenters. The third-order valence-corrected chi connectivity index (χ3v) is 6.16. The Bertz CT molecular complexity index is 1350. The van der Waals surface area contributed by atoms with Crippen LogP contribution < -0.4 is 20.9 Å². The second-order valence-corrected chi connectivity index (χ2v) is 8.55. The Morgan fingerprint density at radius 1 is 1.24 bits per heavy atom. The van der Waals surface area contributed by atoms with Crippen LogP contribution in [0.3, 0.4) is 0 Å². The molecule has 1 aliphatic heterocycles. The van der Waals surface area contributed by atoms with Crippen LogP contribution in [-0.2, 0) is 13.6 Å². The van der Waals surface area contributed by atoms with E-state index in [4.69, 9.17) is 27.1 Å². The van der Waals surface area contributed by atoms with Crippen molar-refractivity contribution in [3.8, 4) is 11.8 Å². The Morgan fingerprint density at radius 3 is 2.85 bits per heavy atom. The van der Waals surface area contributed by atoms with Gasteiger partial charge in [-0.25, -0.2) is 0 Å². The summed E-state index contributed by atoms with van der Waals surface area (Å²) in [5, 5.41) is 0.627. The Hall–Kier alpha value is -3.54. The monoisotopic (exact) mass is 462 g/mol. The number of nitrogens with two attached hydrogens (primary N) is 1. The van der Waals surface area contributed by atoms with Crippen LogP contribution in [0, 0.1) is 12.1 Å². The number of imidazole rings is 1. The first-order chi connectivity index (χ1) is 16.0. The highest BCUT2D eigenvalue weighted by Gasteiger charge is 2.26. The highest BCUT2D eigenvalue weighted by Crippen LogP contribution is 2.27. The van der Waals surface area contributed by atoms with E-state index in [1.807, 2.05) is 28.8 Å². The third kappa shape index (κ3) is 4.13. The summed E-state index contributed by atoms with van der Waals surface area (Å²) in [6.07, 6.45) is 1.92. The van der Waals surface area contributed by atoms with Crippen molar-refractivity contribution in [3.05, 3.63) is 75.5 Å². The molecule has 2 N–H and O–H groups in total. The Labute approximate surface area is 196 Å². The molecule has 1 atom stereocenters. The van der Waals surface area contributed by atoms with Gasteiger partial charge < -0.3 is 15.4 Å². The molecule has 9 heteroatoms. The van der Waals surface area contributed by atoms with Crippen molar-refractivity contribution in [2.75, 3.05) is 18.0 Å². The second kappa shape index (κ2) is 8.77. The van der Waals surface area contributed by atoms with Crippen molar-refractivity contribution in [2.45, 2.75) is 25.4 Å². The van der Waals surface area contributed by atoms with Crippen molar-refractivity contribution in [1.82, 2.24) is 19.1 Å². The fraction of sp³-hybridized carbons (Fsp3) is 0.292. The molecule has 0 bridgehead atoms. The van der Waals surface area contributed by atoms with E-state index in [2.05, 4.69) is 22.0 Å². The molecule has 0 amide bonds. The summed E-state index contributed by atoms with van der Waals surface area (Å²) >= 11 is 6.45. The van der Waals surface area contributed by atoms with E-state index in [9.17, 15) is 4.79 Å². The number of benzene rings is 1. The van der Waals surface area contributed by atoms with E-state index in [-0.39, 0.29) is 17.6 Å². The maximum atomic E-state index is 13.5. The van der Waals surface area contributed by atoms with Crippen LogP contribution >= 0.6 is 11.6 Å². The first kappa shape index (κ1) is 21.3. The lowest BCUT2D eigenvalue weighted by Gasteiger charge is -2.31. The quantitative estimate of drug-likeness (QED) is 0.490. The van der Waals surface area contributed by atoms with Gasteiger partial charge in [-0.05, 0) is 36.6 Å². The molecule has 1 aliphatic rings. The summed E-state index contributed by atoms with van der Waals surface area (Å²) in [6.45, 7) is 1.85. The van der Waals surface area contributed by atoms with Crippen LogP contribution in [0.25, 0.3) is 11.2 Å². The summed E-state index contributed by atoms with van der Waals surface area (Å²) in [5.74, 6) is 1.16. The number of anilines is 1. The molecule has 0 saturated carbocycles. The van der Waals surface area contributed by atoms with Gasteiger partial charge in [0.05, 0.1) is 6.54 Å². The van der Waals surface area contributed by atoms with E-state index in [1.54, 1.807) is 25.2 Å². The molecule has 1 fully saturated rings. The summed E-state index contributed by atoms with van der Waals surface area (Å²) in [6, 6.07) is 18.5. The minimum atomic E-state index is -0.256. The van der Waals surface area contributed by atoms with E-state index in [0.717, 1.165) is 24.9 Å². The summed E-state index contributed by atoms with van der Waals surface area (Å²) in [7, 11) is 1.63.